The maximum atomic E-state index is 5.99. The van der Waals surface area contributed by atoms with Crippen LogP contribution < -0.4 is 10.6 Å². The van der Waals surface area contributed by atoms with Crippen molar-refractivity contribution >= 4 is 11.3 Å². The van der Waals surface area contributed by atoms with Gasteiger partial charge in [-0.15, -0.1) is 0 Å². The first-order chi connectivity index (χ1) is 7.84. The van der Waals surface area contributed by atoms with E-state index in [-0.39, 0.29) is 6.04 Å². The van der Waals surface area contributed by atoms with Crippen molar-refractivity contribution < 1.29 is 0 Å². The maximum Gasteiger partial charge on any atom is 0.154 e. The number of rotatable bonds is 1. The van der Waals surface area contributed by atoms with Crippen LogP contribution in [0.3, 0.4) is 0 Å². The highest BCUT2D eigenvalue weighted by atomic mass is 15.3. The zero-order valence-electron chi connectivity index (χ0n) is 9.08. The van der Waals surface area contributed by atoms with Crippen LogP contribution in [0.2, 0.25) is 0 Å². The summed E-state index contributed by atoms with van der Waals surface area (Å²) in [7, 11) is 0. The first kappa shape index (κ1) is 9.59. The molecule has 1 saturated heterocycles. The van der Waals surface area contributed by atoms with Gasteiger partial charge in [0.1, 0.15) is 5.52 Å². The van der Waals surface area contributed by atoms with E-state index in [9.17, 15) is 0 Å². The second-order valence-corrected chi connectivity index (χ2v) is 4.26. The van der Waals surface area contributed by atoms with E-state index in [1.807, 2.05) is 16.8 Å². The van der Waals surface area contributed by atoms with E-state index in [0.717, 1.165) is 37.3 Å². The van der Waals surface area contributed by atoms with E-state index >= 15 is 0 Å². The Morgan fingerprint density at radius 2 is 2.31 bits per heavy atom. The van der Waals surface area contributed by atoms with E-state index < -0.39 is 0 Å². The normalized spacial score (nSPS) is 21.6. The molecule has 1 aliphatic rings. The molecule has 2 N–H and O–H groups in total. The van der Waals surface area contributed by atoms with Crippen molar-refractivity contribution in [2.75, 3.05) is 18.0 Å². The summed E-state index contributed by atoms with van der Waals surface area (Å²) in [6.07, 6.45) is 7.69. The minimum Gasteiger partial charge on any atom is -0.353 e. The van der Waals surface area contributed by atoms with Gasteiger partial charge >= 0.3 is 0 Å². The number of hydrogen-bond donors (Lipinski definition) is 1. The van der Waals surface area contributed by atoms with Gasteiger partial charge in [0.25, 0.3) is 0 Å². The summed E-state index contributed by atoms with van der Waals surface area (Å²) in [6, 6.07) is 2.25. The Kier molecular flexibility index (Phi) is 2.25. The lowest BCUT2D eigenvalue weighted by molar-refractivity contribution is 0.503. The molecule has 0 amide bonds. The standard InChI is InChI=1S/C11H15N5/c12-9-2-1-6-15(8-9)11-10-3-4-14-16(10)7-5-13-11/h3-5,7,9H,1-2,6,8,12H2/t9-/m1/s1. The third-order valence-corrected chi connectivity index (χ3v) is 3.06. The fourth-order valence-corrected chi connectivity index (χ4v) is 2.29. The molecule has 0 aromatic carbocycles. The average Bonchev–Trinajstić information content (AvgIpc) is 2.76. The van der Waals surface area contributed by atoms with Gasteiger partial charge in [-0.2, -0.15) is 5.10 Å². The molecule has 16 heavy (non-hydrogen) atoms. The van der Waals surface area contributed by atoms with Gasteiger partial charge in [0.15, 0.2) is 5.82 Å². The largest absolute Gasteiger partial charge is 0.353 e. The Hall–Kier alpha value is -1.62. The highest BCUT2D eigenvalue weighted by Crippen LogP contribution is 2.21. The summed E-state index contributed by atoms with van der Waals surface area (Å²) in [5.74, 6) is 0.996. The molecular formula is C11H15N5. The molecule has 0 radical (unpaired) electrons. The third-order valence-electron chi connectivity index (χ3n) is 3.06. The second-order valence-electron chi connectivity index (χ2n) is 4.26. The first-order valence-electron chi connectivity index (χ1n) is 5.63. The Bertz CT molecular complexity index is 492. The molecule has 5 nitrogen and oxygen atoms in total. The highest BCUT2D eigenvalue weighted by Gasteiger charge is 2.19. The van der Waals surface area contributed by atoms with Crippen molar-refractivity contribution in [3.63, 3.8) is 0 Å². The maximum absolute atomic E-state index is 5.99. The minimum atomic E-state index is 0.263. The Balaban J connectivity index is 2.01. The van der Waals surface area contributed by atoms with E-state index in [4.69, 9.17) is 5.73 Å². The number of nitrogens with zero attached hydrogens (tertiary/aromatic N) is 4. The fourth-order valence-electron chi connectivity index (χ4n) is 2.29. The summed E-state index contributed by atoms with van der Waals surface area (Å²) >= 11 is 0. The zero-order valence-corrected chi connectivity index (χ0v) is 9.08. The number of piperidine rings is 1. The lowest BCUT2D eigenvalue weighted by atomic mass is 10.1. The van der Waals surface area contributed by atoms with Crippen molar-refractivity contribution in [1.82, 2.24) is 14.6 Å². The van der Waals surface area contributed by atoms with E-state index in [1.165, 1.54) is 0 Å². The van der Waals surface area contributed by atoms with Crippen molar-refractivity contribution in [2.45, 2.75) is 18.9 Å². The molecular weight excluding hydrogens is 202 g/mol. The SMILES string of the molecule is N[C@@H]1CCCN(c2nccn3nccc23)C1. The number of anilines is 1. The average molecular weight is 217 g/mol. The van der Waals surface area contributed by atoms with Crippen molar-refractivity contribution in [1.29, 1.82) is 0 Å². The van der Waals surface area contributed by atoms with Crippen molar-refractivity contribution in [2.24, 2.45) is 5.73 Å². The lowest BCUT2D eigenvalue weighted by Gasteiger charge is -2.31. The van der Waals surface area contributed by atoms with E-state index in [0.29, 0.717) is 0 Å². The molecule has 0 unspecified atom stereocenters. The van der Waals surface area contributed by atoms with Gasteiger partial charge in [-0.3, -0.25) is 0 Å². The lowest BCUT2D eigenvalue weighted by Crippen LogP contribution is -2.43. The molecule has 0 aliphatic carbocycles. The topological polar surface area (TPSA) is 59.5 Å². The Morgan fingerprint density at radius 3 is 3.19 bits per heavy atom. The summed E-state index contributed by atoms with van der Waals surface area (Å²) in [6.45, 7) is 1.92. The van der Waals surface area contributed by atoms with Crippen LogP contribution in [-0.2, 0) is 0 Å². The molecule has 1 aliphatic heterocycles. The van der Waals surface area contributed by atoms with Crippen LogP contribution in [0.1, 0.15) is 12.8 Å². The summed E-state index contributed by atoms with van der Waals surface area (Å²) in [5.41, 5.74) is 7.04. The third kappa shape index (κ3) is 1.53. The Labute approximate surface area is 93.9 Å². The number of aromatic nitrogens is 3. The second kappa shape index (κ2) is 3.75. The van der Waals surface area contributed by atoms with Crippen molar-refractivity contribution in [3.05, 3.63) is 24.7 Å². The van der Waals surface area contributed by atoms with Gasteiger partial charge in [-0.25, -0.2) is 9.50 Å². The van der Waals surface area contributed by atoms with Gasteiger partial charge in [-0.1, -0.05) is 0 Å². The summed E-state index contributed by atoms with van der Waals surface area (Å²) in [4.78, 5) is 6.70. The molecule has 2 aromatic heterocycles. The van der Waals surface area contributed by atoms with E-state index in [2.05, 4.69) is 15.0 Å². The molecule has 5 heteroatoms. The monoisotopic (exact) mass is 217 g/mol. The minimum absolute atomic E-state index is 0.263. The zero-order chi connectivity index (χ0) is 11.0. The molecule has 1 fully saturated rings. The van der Waals surface area contributed by atoms with Crippen LogP contribution in [-0.4, -0.2) is 33.7 Å². The van der Waals surface area contributed by atoms with Crippen molar-refractivity contribution in [3.8, 4) is 0 Å². The fraction of sp³-hybridized carbons (Fsp3) is 0.455. The summed E-state index contributed by atoms with van der Waals surface area (Å²) < 4.78 is 1.85. The molecule has 3 rings (SSSR count). The number of hydrogen-bond acceptors (Lipinski definition) is 4. The molecule has 0 saturated carbocycles. The molecule has 1 atom stereocenters. The number of fused-ring (bicyclic) bond motifs is 1. The van der Waals surface area contributed by atoms with Crippen LogP contribution in [0.5, 0.6) is 0 Å². The Morgan fingerprint density at radius 1 is 1.38 bits per heavy atom. The van der Waals surface area contributed by atoms with Gasteiger partial charge in [0, 0.05) is 31.5 Å². The first-order valence-corrected chi connectivity index (χ1v) is 5.63. The molecule has 0 spiro atoms. The predicted octanol–water partition coefficient (Wildman–Crippen LogP) is 0.657. The quantitative estimate of drug-likeness (QED) is 0.762. The molecule has 84 valence electrons. The predicted molar refractivity (Wildman–Crippen MR) is 62.4 cm³/mol. The molecule has 2 aromatic rings. The van der Waals surface area contributed by atoms with Gasteiger partial charge < -0.3 is 10.6 Å². The van der Waals surface area contributed by atoms with Gasteiger partial charge in [0.2, 0.25) is 0 Å². The van der Waals surface area contributed by atoms with E-state index in [1.54, 1.807) is 12.4 Å². The van der Waals surface area contributed by atoms with Gasteiger partial charge in [-0.05, 0) is 18.9 Å². The van der Waals surface area contributed by atoms with Crippen LogP contribution in [0.15, 0.2) is 24.7 Å². The van der Waals surface area contributed by atoms with Crippen LogP contribution >= 0.6 is 0 Å². The smallest absolute Gasteiger partial charge is 0.154 e. The van der Waals surface area contributed by atoms with Crippen LogP contribution in [0.25, 0.3) is 5.52 Å². The van der Waals surface area contributed by atoms with Crippen LogP contribution in [0.4, 0.5) is 5.82 Å². The molecule has 3 heterocycles. The van der Waals surface area contributed by atoms with Crippen LogP contribution in [0, 0.1) is 0 Å². The van der Waals surface area contributed by atoms with Gasteiger partial charge in [0.05, 0.1) is 6.20 Å². The highest BCUT2D eigenvalue weighted by molar-refractivity contribution is 5.68. The summed E-state index contributed by atoms with van der Waals surface area (Å²) in [5, 5.41) is 4.21. The molecule has 0 bridgehead atoms. The number of nitrogens with two attached hydrogens (primary N) is 1.